The first-order valence-electron chi connectivity index (χ1n) is 8.61. The van der Waals surface area contributed by atoms with E-state index in [0.717, 1.165) is 0 Å². The number of hydrogen-bond donors (Lipinski definition) is 2. The highest BCUT2D eigenvalue weighted by Gasteiger charge is 2.32. The molecule has 0 aromatic heterocycles. The van der Waals surface area contributed by atoms with Gasteiger partial charge in [0, 0.05) is 19.0 Å². The first-order chi connectivity index (χ1) is 12.1. The zero-order chi connectivity index (χ0) is 17.4. The van der Waals surface area contributed by atoms with Crippen LogP contribution in [0.15, 0.2) is 48.5 Å². The van der Waals surface area contributed by atoms with Crippen molar-refractivity contribution in [3.63, 3.8) is 0 Å². The molecule has 1 aliphatic heterocycles. The van der Waals surface area contributed by atoms with Gasteiger partial charge in [-0.2, -0.15) is 0 Å². The van der Waals surface area contributed by atoms with Crippen molar-refractivity contribution in [2.45, 2.75) is 18.1 Å². The van der Waals surface area contributed by atoms with Gasteiger partial charge in [-0.15, -0.1) is 0 Å². The van der Waals surface area contributed by atoms with Crippen molar-refractivity contribution in [2.24, 2.45) is 0 Å². The zero-order valence-corrected chi connectivity index (χ0v) is 14.2. The van der Waals surface area contributed by atoms with E-state index in [1.54, 1.807) is 0 Å². The van der Waals surface area contributed by atoms with Crippen LogP contribution in [0.2, 0.25) is 0 Å². The molecule has 5 heteroatoms. The van der Waals surface area contributed by atoms with Crippen LogP contribution in [0.4, 0.5) is 4.79 Å². The Morgan fingerprint density at radius 2 is 1.72 bits per heavy atom. The molecule has 0 saturated carbocycles. The van der Waals surface area contributed by atoms with Gasteiger partial charge in [0.05, 0.1) is 12.1 Å². The summed E-state index contributed by atoms with van der Waals surface area (Å²) in [6.45, 7) is 1.48. The second kappa shape index (κ2) is 6.50. The van der Waals surface area contributed by atoms with Gasteiger partial charge in [0.15, 0.2) is 0 Å². The number of benzene rings is 2. The second-order valence-electron chi connectivity index (χ2n) is 6.86. The molecule has 2 N–H and O–H groups in total. The van der Waals surface area contributed by atoms with E-state index in [9.17, 15) is 9.90 Å². The number of aliphatic hydroxyl groups is 1. The predicted octanol–water partition coefficient (Wildman–Crippen LogP) is 2.20. The van der Waals surface area contributed by atoms with E-state index in [1.165, 1.54) is 22.3 Å². The van der Waals surface area contributed by atoms with Crippen molar-refractivity contribution in [1.29, 1.82) is 0 Å². The van der Waals surface area contributed by atoms with Crippen LogP contribution in [-0.2, 0) is 4.74 Å². The number of carbonyl (C=O) groups is 1. The Morgan fingerprint density at radius 1 is 1.12 bits per heavy atom. The largest absolute Gasteiger partial charge is 0.449 e. The van der Waals surface area contributed by atoms with Gasteiger partial charge in [-0.1, -0.05) is 48.5 Å². The van der Waals surface area contributed by atoms with Crippen LogP contribution in [0.5, 0.6) is 0 Å². The molecule has 4 rings (SSSR count). The van der Waals surface area contributed by atoms with Gasteiger partial charge in [-0.3, -0.25) is 0 Å². The number of ether oxygens (including phenoxy) is 1. The van der Waals surface area contributed by atoms with E-state index < -0.39 is 12.2 Å². The number of likely N-dealkylation sites (N-methyl/N-ethyl adjacent to an activating group) is 1. The molecule has 1 heterocycles. The van der Waals surface area contributed by atoms with Crippen LogP contribution in [-0.4, -0.2) is 55.0 Å². The van der Waals surface area contributed by atoms with E-state index in [-0.39, 0.29) is 12.0 Å². The van der Waals surface area contributed by atoms with Crippen LogP contribution in [0.1, 0.15) is 17.0 Å². The smallest absolute Gasteiger partial charge is 0.407 e. The van der Waals surface area contributed by atoms with Crippen LogP contribution < -0.4 is 5.32 Å². The van der Waals surface area contributed by atoms with E-state index in [2.05, 4.69) is 29.6 Å². The minimum atomic E-state index is -0.550. The third-order valence-corrected chi connectivity index (χ3v) is 5.12. The highest BCUT2D eigenvalue weighted by Crippen LogP contribution is 2.44. The fourth-order valence-corrected chi connectivity index (χ4v) is 3.91. The first-order valence-corrected chi connectivity index (χ1v) is 8.61. The molecule has 1 amide bonds. The molecule has 1 fully saturated rings. The summed E-state index contributed by atoms with van der Waals surface area (Å²) in [5.74, 6) is 0.0503. The summed E-state index contributed by atoms with van der Waals surface area (Å²) in [6, 6.07) is 16.2. The number of likely N-dealkylation sites (tertiary alicyclic amines) is 1. The van der Waals surface area contributed by atoms with E-state index in [0.29, 0.717) is 19.7 Å². The normalized spacial score (nSPS) is 22.5. The Balaban J connectivity index is 1.45. The summed E-state index contributed by atoms with van der Waals surface area (Å²) in [7, 11) is 1.92. The lowest BCUT2D eigenvalue weighted by molar-refractivity contribution is 0.120. The number of rotatable bonds is 3. The van der Waals surface area contributed by atoms with Gasteiger partial charge >= 0.3 is 6.09 Å². The van der Waals surface area contributed by atoms with E-state index >= 15 is 0 Å². The van der Waals surface area contributed by atoms with Gasteiger partial charge in [-0.05, 0) is 29.3 Å². The molecule has 2 atom stereocenters. The molecule has 0 radical (unpaired) electrons. The molecule has 2 aromatic rings. The molecule has 0 unspecified atom stereocenters. The lowest BCUT2D eigenvalue weighted by atomic mass is 9.98. The Morgan fingerprint density at radius 3 is 2.28 bits per heavy atom. The van der Waals surface area contributed by atoms with Crippen molar-refractivity contribution in [1.82, 2.24) is 10.2 Å². The number of nitrogens with zero attached hydrogens (tertiary/aromatic N) is 1. The Labute approximate surface area is 147 Å². The Bertz CT molecular complexity index is 747. The zero-order valence-electron chi connectivity index (χ0n) is 14.2. The maximum Gasteiger partial charge on any atom is 0.407 e. The standard InChI is InChI=1S/C20H22N2O3/c1-22-10-18(19(23)11-22)21-20(24)25-12-17-15-8-4-2-6-13(15)14-7-3-5-9-16(14)17/h2-9,17-19,23H,10-12H2,1H3,(H,21,24)/t18-,19-/m1/s1. The number of hydrogen-bond acceptors (Lipinski definition) is 4. The Hall–Kier alpha value is -2.37. The average Bonchev–Trinajstić information content (AvgIpc) is 3.10. The van der Waals surface area contributed by atoms with Crippen LogP contribution in [0.3, 0.4) is 0 Å². The van der Waals surface area contributed by atoms with Gasteiger partial charge < -0.3 is 20.1 Å². The summed E-state index contributed by atoms with van der Waals surface area (Å²) >= 11 is 0. The fraction of sp³-hybridized carbons (Fsp3) is 0.350. The third-order valence-electron chi connectivity index (χ3n) is 5.12. The highest BCUT2D eigenvalue weighted by atomic mass is 16.5. The lowest BCUT2D eigenvalue weighted by Crippen LogP contribution is -2.43. The monoisotopic (exact) mass is 338 g/mol. The maximum absolute atomic E-state index is 12.2. The molecular formula is C20H22N2O3. The van der Waals surface area contributed by atoms with Crippen molar-refractivity contribution in [3.8, 4) is 11.1 Å². The summed E-state index contributed by atoms with van der Waals surface area (Å²) < 4.78 is 5.51. The highest BCUT2D eigenvalue weighted by molar-refractivity contribution is 5.79. The van der Waals surface area contributed by atoms with Crippen molar-refractivity contribution in [2.75, 3.05) is 26.7 Å². The van der Waals surface area contributed by atoms with Gasteiger partial charge in [0.25, 0.3) is 0 Å². The molecule has 1 saturated heterocycles. The van der Waals surface area contributed by atoms with Crippen LogP contribution >= 0.6 is 0 Å². The lowest BCUT2D eigenvalue weighted by Gasteiger charge is -2.18. The summed E-state index contributed by atoms with van der Waals surface area (Å²) in [4.78, 5) is 14.2. The molecule has 130 valence electrons. The molecule has 0 spiro atoms. The van der Waals surface area contributed by atoms with Gasteiger partial charge in [0.2, 0.25) is 0 Å². The molecule has 1 aliphatic carbocycles. The van der Waals surface area contributed by atoms with Crippen LogP contribution in [0.25, 0.3) is 11.1 Å². The third kappa shape index (κ3) is 3.01. The number of nitrogens with one attached hydrogen (secondary N) is 1. The summed E-state index contributed by atoms with van der Waals surface area (Å²) in [5.41, 5.74) is 4.80. The minimum Gasteiger partial charge on any atom is -0.449 e. The summed E-state index contributed by atoms with van der Waals surface area (Å²) in [6.07, 6.45) is -1.02. The number of carbonyl (C=O) groups excluding carboxylic acids is 1. The number of amides is 1. The van der Waals surface area contributed by atoms with E-state index in [1.807, 2.05) is 36.2 Å². The second-order valence-corrected chi connectivity index (χ2v) is 6.86. The summed E-state index contributed by atoms with van der Waals surface area (Å²) in [5, 5.41) is 12.7. The van der Waals surface area contributed by atoms with Crippen LogP contribution in [0, 0.1) is 0 Å². The fourth-order valence-electron chi connectivity index (χ4n) is 3.91. The topological polar surface area (TPSA) is 61.8 Å². The van der Waals surface area contributed by atoms with E-state index in [4.69, 9.17) is 4.74 Å². The van der Waals surface area contributed by atoms with Crippen molar-refractivity contribution in [3.05, 3.63) is 59.7 Å². The molecular weight excluding hydrogens is 316 g/mol. The first kappa shape index (κ1) is 16.1. The molecule has 2 aromatic carbocycles. The van der Waals surface area contributed by atoms with Crippen molar-refractivity contribution < 1.29 is 14.6 Å². The molecule has 5 nitrogen and oxygen atoms in total. The number of β-amino-alcohol motifs (C(OH)–C–C–N with tert-alkyl or cyclic N) is 1. The number of fused-ring (bicyclic) bond motifs is 3. The predicted molar refractivity (Wildman–Crippen MR) is 95.5 cm³/mol. The minimum absolute atomic E-state index is 0.0503. The molecule has 2 aliphatic rings. The van der Waals surface area contributed by atoms with Gasteiger partial charge in [0.1, 0.15) is 6.61 Å². The van der Waals surface area contributed by atoms with Crippen molar-refractivity contribution >= 4 is 6.09 Å². The molecule has 0 bridgehead atoms. The number of aliphatic hydroxyl groups excluding tert-OH is 1. The molecule has 25 heavy (non-hydrogen) atoms. The average molecular weight is 338 g/mol. The number of alkyl carbamates (subject to hydrolysis) is 1. The quantitative estimate of drug-likeness (QED) is 0.901. The maximum atomic E-state index is 12.2. The SMILES string of the molecule is CN1C[C@@H](O)[C@H](NC(=O)OCC2c3ccccc3-c3ccccc32)C1. The Kier molecular flexibility index (Phi) is 4.19. The van der Waals surface area contributed by atoms with Gasteiger partial charge in [-0.25, -0.2) is 4.79 Å².